The third kappa shape index (κ3) is 3.29. The molecule has 24 heavy (non-hydrogen) atoms. The van der Waals surface area contributed by atoms with Crippen LogP contribution in [0.15, 0.2) is 36.4 Å². The van der Waals surface area contributed by atoms with E-state index < -0.39 is 0 Å². The number of aryl methyl sites for hydroxylation is 1. The molecule has 0 amide bonds. The van der Waals surface area contributed by atoms with E-state index in [1.54, 1.807) is 11.8 Å². The van der Waals surface area contributed by atoms with Crippen molar-refractivity contribution >= 4 is 17.5 Å². The smallest absolute Gasteiger partial charge is 0.174 e. The molecule has 1 aromatic carbocycles. The molecule has 1 fully saturated rings. The van der Waals surface area contributed by atoms with Gasteiger partial charge < -0.3 is 14.4 Å². The maximum Gasteiger partial charge on any atom is 0.174 e. The number of aromatic nitrogens is 1. The zero-order valence-electron chi connectivity index (χ0n) is 14.1. The zero-order valence-corrected chi connectivity index (χ0v) is 14.9. The van der Waals surface area contributed by atoms with Crippen molar-refractivity contribution in [2.45, 2.75) is 13.8 Å². The van der Waals surface area contributed by atoms with E-state index in [9.17, 15) is 9.90 Å². The number of nitrogens with zero attached hydrogens (tertiary/aromatic N) is 1. The average Bonchev–Trinajstić information content (AvgIpc) is 2.85. The highest BCUT2D eigenvalue weighted by molar-refractivity contribution is 8.00. The quantitative estimate of drug-likeness (QED) is 0.784. The van der Waals surface area contributed by atoms with Crippen LogP contribution in [0.3, 0.4) is 0 Å². The van der Waals surface area contributed by atoms with Crippen LogP contribution in [0.1, 0.15) is 21.7 Å². The molecule has 1 aromatic heterocycles. The predicted molar refractivity (Wildman–Crippen MR) is 97.2 cm³/mol. The molecule has 2 aromatic rings. The van der Waals surface area contributed by atoms with Gasteiger partial charge in [0.2, 0.25) is 0 Å². The van der Waals surface area contributed by atoms with Crippen molar-refractivity contribution in [3.05, 3.63) is 53.3 Å². The predicted octanol–water partition coefficient (Wildman–Crippen LogP) is 3.02. The van der Waals surface area contributed by atoms with Gasteiger partial charge in [-0.3, -0.25) is 4.79 Å². The fourth-order valence-electron chi connectivity index (χ4n) is 3.07. The summed E-state index contributed by atoms with van der Waals surface area (Å²) in [6.07, 6.45) is 0. The Hall–Kier alpha value is -1.56. The lowest BCUT2D eigenvalue weighted by Gasteiger charge is -2.39. The molecule has 5 heteroatoms. The van der Waals surface area contributed by atoms with Gasteiger partial charge >= 0.3 is 0 Å². The number of aliphatic hydroxyl groups is 1. The molecule has 4 nitrogen and oxygen atoms in total. The molecule has 1 aliphatic rings. The number of hydrogen-bond donors (Lipinski definition) is 1. The Morgan fingerprint density at radius 3 is 2.58 bits per heavy atom. The number of ether oxygens (including phenoxy) is 1. The van der Waals surface area contributed by atoms with Gasteiger partial charge in [-0.2, -0.15) is 11.8 Å². The molecular weight excluding hydrogens is 322 g/mol. The van der Waals surface area contributed by atoms with Gasteiger partial charge in [-0.25, -0.2) is 0 Å². The zero-order chi connectivity index (χ0) is 17.2. The number of carbonyl (C=O) groups excluding carboxylic acids is 1. The van der Waals surface area contributed by atoms with Crippen LogP contribution in [0.5, 0.6) is 0 Å². The van der Waals surface area contributed by atoms with E-state index >= 15 is 0 Å². The number of Topliss-reactive ketones (excluding diaryl/α,β-unsaturated/α-hetero) is 1. The number of thioether (sulfide) groups is 1. The minimum Gasteiger partial charge on any atom is -0.396 e. The van der Waals surface area contributed by atoms with Crippen LogP contribution in [0.4, 0.5) is 0 Å². The Morgan fingerprint density at radius 1 is 1.29 bits per heavy atom. The summed E-state index contributed by atoms with van der Waals surface area (Å²) in [5.74, 6) is 1.33. The normalized spacial score (nSPS) is 16.0. The summed E-state index contributed by atoms with van der Waals surface area (Å²) in [6, 6.07) is 12.1. The van der Waals surface area contributed by atoms with E-state index in [2.05, 4.69) is 4.57 Å². The van der Waals surface area contributed by atoms with E-state index in [-0.39, 0.29) is 17.8 Å². The van der Waals surface area contributed by atoms with E-state index in [0.717, 1.165) is 28.4 Å². The van der Waals surface area contributed by atoms with Gasteiger partial charge in [0.15, 0.2) is 5.78 Å². The minimum absolute atomic E-state index is 0.122. The molecule has 0 atom stereocenters. The van der Waals surface area contributed by atoms with E-state index in [1.807, 2.05) is 50.2 Å². The summed E-state index contributed by atoms with van der Waals surface area (Å²) in [5, 5.41) is 9.45. The van der Waals surface area contributed by atoms with Crippen LogP contribution < -0.4 is 0 Å². The monoisotopic (exact) mass is 345 g/mol. The lowest BCUT2D eigenvalue weighted by atomic mass is 9.90. The number of ketones is 1. The second-order valence-corrected chi connectivity index (χ2v) is 7.51. The molecule has 2 heterocycles. The van der Waals surface area contributed by atoms with Crippen molar-refractivity contribution in [2.75, 3.05) is 31.3 Å². The Balaban J connectivity index is 1.70. The third-order valence-electron chi connectivity index (χ3n) is 4.54. The fraction of sp³-hybridized carbons (Fsp3) is 0.421. The summed E-state index contributed by atoms with van der Waals surface area (Å²) >= 11 is 1.58. The minimum atomic E-state index is -0.147. The molecule has 0 unspecified atom stereocenters. The molecule has 1 aliphatic heterocycles. The maximum absolute atomic E-state index is 12.6. The van der Waals surface area contributed by atoms with E-state index in [1.165, 1.54) is 0 Å². The SMILES string of the molecule is Cc1cc(C(=O)CSCC2(CO)COC2)c(C)n1-c1ccccc1. The van der Waals surface area contributed by atoms with Crippen LogP contribution in [0, 0.1) is 19.3 Å². The first-order chi connectivity index (χ1) is 11.6. The third-order valence-corrected chi connectivity index (χ3v) is 5.82. The van der Waals surface area contributed by atoms with Crippen molar-refractivity contribution in [2.24, 2.45) is 5.41 Å². The van der Waals surface area contributed by atoms with Crippen molar-refractivity contribution in [1.82, 2.24) is 4.57 Å². The molecule has 0 spiro atoms. The largest absolute Gasteiger partial charge is 0.396 e. The van der Waals surface area contributed by atoms with Gasteiger partial charge in [0, 0.05) is 33.8 Å². The second kappa shape index (κ2) is 7.13. The molecule has 0 radical (unpaired) electrons. The van der Waals surface area contributed by atoms with Gasteiger partial charge in [-0.15, -0.1) is 0 Å². The Labute approximate surface area is 146 Å². The lowest BCUT2D eigenvalue weighted by molar-refractivity contribution is -0.121. The van der Waals surface area contributed by atoms with Crippen LogP contribution in [-0.2, 0) is 4.74 Å². The summed E-state index contributed by atoms with van der Waals surface area (Å²) < 4.78 is 7.31. The number of aliphatic hydroxyl groups excluding tert-OH is 1. The Morgan fingerprint density at radius 2 is 2.00 bits per heavy atom. The summed E-state index contributed by atoms with van der Waals surface area (Å²) in [5.41, 5.74) is 3.75. The van der Waals surface area contributed by atoms with Crippen LogP contribution >= 0.6 is 11.8 Å². The molecule has 1 N–H and O–H groups in total. The van der Waals surface area contributed by atoms with Crippen LogP contribution in [-0.4, -0.2) is 46.8 Å². The highest BCUT2D eigenvalue weighted by Crippen LogP contribution is 2.31. The number of hydrogen-bond acceptors (Lipinski definition) is 4. The molecule has 3 rings (SSSR count). The summed E-state index contributed by atoms with van der Waals surface area (Å²) in [4.78, 5) is 12.6. The number of benzene rings is 1. The Bertz CT molecular complexity index is 714. The molecular formula is C19H23NO3S. The van der Waals surface area contributed by atoms with Crippen LogP contribution in [0.2, 0.25) is 0 Å². The number of rotatable bonds is 7. The number of carbonyl (C=O) groups is 1. The van der Waals surface area contributed by atoms with Crippen molar-refractivity contribution in [1.29, 1.82) is 0 Å². The summed E-state index contributed by atoms with van der Waals surface area (Å²) in [6.45, 7) is 5.32. The molecule has 0 bridgehead atoms. The fourth-order valence-corrected chi connectivity index (χ4v) is 4.20. The van der Waals surface area contributed by atoms with Crippen molar-refractivity contribution < 1.29 is 14.6 Å². The van der Waals surface area contributed by atoms with Gasteiger partial charge in [0.05, 0.1) is 25.6 Å². The molecule has 0 saturated carbocycles. The first-order valence-corrected chi connectivity index (χ1v) is 9.26. The van der Waals surface area contributed by atoms with Crippen molar-refractivity contribution in [3.8, 4) is 5.69 Å². The molecule has 1 saturated heterocycles. The van der Waals surface area contributed by atoms with Crippen molar-refractivity contribution in [3.63, 3.8) is 0 Å². The van der Waals surface area contributed by atoms with Gasteiger partial charge in [0.25, 0.3) is 0 Å². The lowest BCUT2D eigenvalue weighted by Crippen LogP contribution is -2.47. The topological polar surface area (TPSA) is 51.5 Å². The summed E-state index contributed by atoms with van der Waals surface area (Å²) in [7, 11) is 0. The standard InChI is InChI=1S/C19H23NO3S/c1-14-8-17(15(2)20(14)16-6-4-3-5-7-16)18(22)9-24-13-19(10-21)11-23-12-19/h3-8,21H,9-13H2,1-2H3. The second-order valence-electron chi connectivity index (χ2n) is 6.52. The molecule has 0 aliphatic carbocycles. The van der Waals surface area contributed by atoms with Gasteiger partial charge in [0.1, 0.15) is 0 Å². The average molecular weight is 345 g/mol. The van der Waals surface area contributed by atoms with E-state index in [4.69, 9.17) is 4.74 Å². The number of para-hydroxylation sites is 1. The molecule has 128 valence electrons. The highest BCUT2D eigenvalue weighted by Gasteiger charge is 2.38. The van der Waals surface area contributed by atoms with Gasteiger partial charge in [-0.1, -0.05) is 18.2 Å². The Kier molecular flexibility index (Phi) is 5.13. The maximum atomic E-state index is 12.6. The van der Waals surface area contributed by atoms with E-state index in [0.29, 0.717) is 19.0 Å². The highest BCUT2D eigenvalue weighted by atomic mass is 32.2. The first-order valence-electron chi connectivity index (χ1n) is 8.10. The van der Waals surface area contributed by atoms with Gasteiger partial charge in [-0.05, 0) is 32.0 Å². The van der Waals surface area contributed by atoms with Crippen LogP contribution in [0.25, 0.3) is 5.69 Å². The first kappa shape index (κ1) is 17.3.